The molecule has 88 valence electrons. The van der Waals surface area contributed by atoms with Crippen LogP contribution < -0.4 is 0 Å². The zero-order chi connectivity index (χ0) is 12.6. The second-order valence-corrected chi connectivity index (χ2v) is 3.32. The van der Waals surface area contributed by atoms with E-state index in [1.54, 1.807) is 0 Å². The summed E-state index contributed by atoms with van der Waals surface area (Å²) in [5.74, 6) is 6.46. The molecule has 1 aromatic carbocycles. The van der Waals surface area contributed by atoms with Crippen LogP contribution in [-0.4, -0.2) is 27.2 Å². The molecule has 0 saturated carbocycles. The highest BCUT2D eigenvalue weighted by Gasteiger charge is 2.00. The zero-order valence-corrected chi connectivity index (χ0v) is 9.41. The third-order valence-electron chi connectivity index (χ3n) is 2.12. The number of nitrogens with one attached hydrogen (secondary N) is 1. The third kappa shape index (κ3) is 3.07. The van der Waals surface area contributed by atoms with E-state index in [0.29, 0.717) is 18.8 Å². The predicted molar refractivity (Wildman–Crippen MR) is 65.1 cm³/mol. The molecule has 0 bridgehead atoms. The summed E-state index contributed by atoms with van der Waals surface area (Å²) in [6.07, 6.45) is 0.552. The second kappa shape index (κ2) is 6.03. The molecule has 18 heavy (non-hydrogen) atoms. The van der Waals surface area contributed by atoms with Crippen LogP contribution in [0.25, 0.3) is 21.8 Å². The molecule has 0 aliphatic carbocycles. The van der Waals surface area contributed by atoms with Gasteiger partial charge in [-0.3, -0.25) is 0 Å². The molecule has 0 saturated heterocycles. The molecular formula is C11H9N7. The van der Waals surface area contributed by atoms with E-state index >= 15 is 0 Å². The van der Waals surface area contributed by atoms with Gasteiger partial charge in [-0.1, -0.05) is 17.0 Å². The molecule has 1 aromatic heterocycles. The number of aromatic amines is 1. The molecule has 7 nitrogen and oxygen atoms in total. The van der Waals surface area contributed by atoms with Crippen LogP contribution >= 0.6 is 0 Å². The number of hydrogen-bond donors (Lipinski definition) is 1. The molecule has 0 aliphatic rings. The zero-order valence-electron chi connectivity index (χ0n) is 9.41. The van der Waals surface area contributed by atoms with Crippen molar-refractivity contribution in [3.05, 3.63) is 40.3 Å². The van der Waals surface area contributed by atoms with Crippen molar-refractivity contribution in [2.24, 2.45) is 5.11 Å². The molecular weight excluding hydrogens is 230 g/mol. The van der Waals surface area contributed by atoms with E-state index in [9.17, 15) is 0 Å². The van der Waals surface area contributed by atoms with E-state index in [1.807, 2.05) is 24.3 Å². The van der Waals surface area contributed by atoms with Crippen molar-refractivity contribution in [3.8, 4) is 23.2 Å². The average molecular weight is 239 g/mol. The Morgan fingerprint density at radius 3 is 2.83 bits per heavy atom. The molecule has 0 amide bonds. The van der Waals surface area contributed by atoms with E-state index in [4.69, 9.17) is 5.53 Å². The molecule has 1 heterocycles. The number of nitrogens with zero attached hydrogens (tertiary/aromatic N) is 6. The summed E-state index contributed by atoms with van der Waals surface area (Å²) in [4.78, 5) is 2.65. The Balaban J connectivity index is 2.02. The van der Waals surface area contributed by atoms with Crippen LogP contribution in [0.1, 0.15) is 12.0 Å². The lowest BCUT2D eigenvalue weighted by Gasteiger charge is -1.94. The van der Waals surface area contributed by atoms with Gasteiger partial charge >= 0.3 is 0 Å². The first-order valence-electron chi connectivity index (χ1n) is 5.24. The van der Waals surface area contributed by atoms with Crippen molar-refractivity contribution in [1.29, 1.82) is 0 Å². The molecule has 7 heteroatoms. The maximum Gasteiger partial charge on any atom is 0.204 e. The van der Waals surface area contributed by atoms with Crippen molar-refractivity contribution >= 4 is 0 Å². The number of azide groups is 1. The first-order chi connectivity index (χ1) is 8.90. The van der Waals surface area contributed by atoms with Gasteiger partial charge in [0.1, 0.15) is 0 Å². The van der Waals surface area contributed by atoms with E-state index in [2.05, 4.69) is 42.5 Å². The number of H-pyrrole nitrogens is 1. The highest BCUT2D eigenvalue weighted by Crippen LogP contribution is 2.13. The molecule has 0 unspecified atom stereocenters. The van der Waals surface area contributed by atoms with E-state index in [-0.39, 0.29) is 0 Å². The van der Waals surface area contributed by atoms with Crippen LogP contribution in [0.4, 0.5) is 0 Å². The topological polar surface area (TPSA) is 103 Å². The van der Waals surface area contributed by atoms with E-state index in [0.717, 1.165) is 11.1 Å². The second-order valence-electron chi connectivity index (χ2n) is 3.32. The summed E-state index contributed by atoms with van der Waals surface area (Å²) < 4.78 is 0. The van der Waals surface area contributed by atoms with Gasteiger partial charge in [-0.25, -0.2) is 0 Å². The molecule has 0 spiro atoms. The van der Waals surface area contributed by atoms with Gasteiger partial charge in [0, 0.05) is 29.0 Å². The summed E-state index contributed by atoms with van der Waals surface area (Å²) in [6.45, 7) is 0.393. The Hall–Kier alpha value is -2.84. The Labute approximate surface area is 103 Å². The lowest BCUT2D eigenvalue weighted by atomic mass is 10.1. The van der Waals surface area contributed by atoms with Crippen molar-refractivity contribution in [1.82, 2.24) is 20.6 Å². The van der Waals surface area contributed by atoms with Crippen LogP contribution in [0, 0.1) is 11.8 Å². The molecule has 0 aliphatic heterocycles. The van der Waals surface area contributed by atoms with Crippen molar-refractivity contribution in [2.75, 3.05) is 6.54 Å². The van der Waals surface area contributed by atoms with Gasteiger partial charge in [-0.2, -0.15) is 5.21 Å². The number of rotatable bonds is 3. The van der Waals surface area contributed by atoms with Gasteiger partial charge in [-0.15, -0.1) is 10.2 Å². The number of benzene rings is 1. The molecule has 1 N–H and O–H groups in total. The quantitative estimate of drug-likeness (QED) is 0.291. The van der Waals surface area contributed by atoms with Gasteiger partial charge < -0.3 is 0 Å². The standard InChI is InChI=1S/C11H9N7/c12-16-13-8-2-1-3-9-4-6-10(7-5-9)11-14-17-18-15-11/h4-7H,2,8H2,(H,14,15,17,18). The normalized spacial score (nSPS) is 9.11. The largest absolute Gasteiger partial charge is 0.204 e. The highest BCUT2D eigenvalue weighted by molar-refractivity contribution is 5.55. The first kappa shape index (κ1) is 11.6. The molecule has 0 atom stereocenters. The van der Waals surface area contributed by atoms with E-state index < -0.39 is 0 Å². The minimum atomic E-state index is 0.393. The Morgan fingerprint density at radius 1 is 1.33 bits per heavy atom. The lowest BCUT2D eigenvalue weighted by Crippen LogP contribution is -1.82. The fourth-order valence-electron chi connectivity index (χ4n) is 1.30. The first-order valence-corrected chi connectivity index (χ1v) is 5.24. The SMILES string of the molecule is [N-]=[N+]=NCCC#Cc1ccc(-c2nn[nH]n2)cc1. The maximum atomic E-state index is 8.09. The summed E-state index contributed by atoms with van der Waals surface area (Å²) >= 11 is 0. The molecule has 0 fully saturated rings. The third-order valence-corrected chi connectivity index (χ3v) is 2.12. The van der Waals surface area contributed by atoms with Gasteiger partial charge in [0.05, 0.1) is 0 Å². The van der Waals surface area contributed by atoms with Gasteiger partial charge in [0.25, 0.3) is 0 Å². The van der Waals surface area contributed by atoms with Gasteiger partial charge in [0.15, 0.2) is 0 Å². The number of hydrogen-bond acceptors (Lipinski definition) is 4. The van der Waals surface area contributed by atoms with Crippen LogP contribution in [0.2, 0.25) is 0 Å². The highest BCUT2D eigenvalue weighted by atomic mass is 15.5. The van der Waals surface area contributed by atoms with Crippen molar-refractivity contribution in [3.63, 3.8) is 0 Å². The predicted octanol–water partition coefficient (Wildman–Crippen LogP) is 1.92. The average Bonchev–Trinajstić information content (AvgIpc) is 2.93. The Kier molecular flexibility index (Phi) is 3.90. The van der Waals surface area contributed by atoms with Crippen LogP contribution in [0.15, 0.2) is 29.4 Å². The number of aromatic nitrogens is 4. The van der Waals surface area contributed by atoms with Gasteiger partial charge in [0.2, 0.25) is 5.82 Å². The summed E-state index contributed by atoms with van der Waals surface area (Å²) in [6, 6.07) is 7.52. The summed E-state index contributed by atoms with van der Waals surface area (Å²) in [5, 5.41) is 17.1. The number of tetrazole rings is 1. The maximum absolute atomic E-state index is 8.09. The lowest BCUT2D eigenvalue weighted by molar-refractivity contribution is 0.881. The van der Waals surface area contributed by atoms with Crippen LogP contribution in [-0.2, 0) is 0 Å². The Bertz CT molecular complexity index is 597. The van der Waals surface area contributed by atoms with Crippen molar-refractivity contribution < 1.29 is 0 Å². The van der Waals surface area contributed by atoms with Crippen molar-refractivity contribution in [2.45, 2.75) is 6.42 Å². The summed E-state index contributed by atoms with van der Waals surface area (Å²) in [5.41, 5.74) is 9.86. The minimum absolute atomic E-state index is 0.393. The monoisotopic (exact) mass is 239 g/mol. The van der Waals surface area contributed by atoms with Crippen LogP contribution in [0.3, 0.4) is 0 Å². The minimum Gasteiger partial charge on any atom is -0.177 e. The fraction of sp³-hybridized carbons (Fsp3) is 0.182. The molecule has 2 rings (SSSR count). The van der Waals surface area contributed by atoms with E-state index in [1.165, 1.54) is 0 Å². The fourth-order valence-corrected chi connectivity index (χ4v) is 1.30. The smallest absolute Gasteiger partial charge is 0.177 e. The molecule has 0 radical (unpaired) electrons. The molecule has 2 aromatic rings. The van der Waals surface area contributed by atoms with Gasteiger partial charge in [-0.05, 0) is 35.0 Å². The Morgan fingerprint density at radius 2 is 2.17 bits per heavy atom. The van der Waals surface area contributed by atoms with Crippen LogP contribution in [0.5, 0.6) is 0 Å². The summed E-state index contributed by atoms with van der Waals surface area (Å²) in [7, 11) is 0.